The fraction of sp³-hybridized carbons (Fsp3) is 0.133. The first-order valence-corrected chi connectivity index (χ1v) is 8.70. The first kappa shape index (κ1) is 14.6. The van der Waals surface area contributed by atoms with E-state index in [0.717, 1.165) is 5.69 Å². The first-order valence-electron chi connectivity index (χ1n) is 7.22. The van der Waals surface area contributed by atoms with Gasteiger partial charge in [0.25, 0.3) is 10.0 Å². The van der Waals surface area contributed by atoms with Gasteiger partial charge in [0.2, 0.25) is 0 Å². The van der Waals surface area contributed by atoms with E-state index in [1.54, 1.807) is 43.6 Å². The monoisotopic (exact) mass is 342 g/mol. The van der Waals surface area contributed by atoms with Gasteiger partial charge in [-0.25, -0.2) is 9.50 Å². The summed E-state index contributed by atoms with van der Waals surface area (Å²) < 4.78 is 31.0. The van der Waals surface area contributed by atoms with Crippen LogP contribution in [0.15, 0.2) is 47.6 Å². The number of hydrogen-bond donors (Lipinski definition) is 1. The molecule has 8 nitrogen and oxygen atoms in total. The fourth-order valence-electron chi connectivity index (χ4n) is 2.68. The number of sulfonamides is 1. The lowest BCUT2D eigenvalue weighted by Gasteiger charge is -2.08. The topological polar surface area (TPSA) is 94.2 Å². The standard InChI is InChI=1S/C15H14N6O2S/c1-10-9-21-14(16-10)8-7-13(18-21)19-24(22,23)15-11-5-3-4-6-12(11)17-20(15)2/h3-9H,1-2H3,(H,18,19). The molecule has 0 saturated carbocycles. The molecular weight excluding hydrogens is 328 g/mol. The Hall–Kier alpha value is -2.94. The number of aromatic nitrogens is 5. The molecule has 3 aromatic heterocycles. The van der Waals surface area contributed by atoms with Crippen molar-refractivity contribution in [1.82, 2.24) is 24.4 Å². The zero-order valence-electron chi connectivity index (χ0n) is 13.0. The zero-order valence-corrected chi connectivity index (χ0v) is 13.8. The van der Waals surface area contributed by atoms with Crippen LogP contribution in [0.3, 0.4) is 0 Å². The first-order chi connectivity index (χ1) is 11.4. The largest absolute Gasteiger partial charge is 0.280 e. The fourth-order valence-corrected chi connectivity index (χ4v) is 4.01. The summed E-state index contributed by atoms with van der Waals surface area (Å²) in [5.74, 6) is 0.213. The second kappa shape index (κ2) is 5.03. The van der Waals surface area contributed by atoms with E-state index in [4.69, 9.17) is 0 Å². The molecule has 0 saturated heterocycles. The van der Waals surface area contributed by atoms with E-state index in [9.17, 15) is 8.42 Å². The molecule has 4 aromatic rings. The average Bonchev–Trinajstić information content (AvgIpc) is 3.04. The van der Waals surface area contributed by atoms with Crippen LogP contribution in [-0.2, 0) is 17.1 Å². The van der Waals surface area contributed by atoms with E-state index in [2.05, 4.69) is 19.9 Å². The lowest BCUT2D eigenvalue weighted by molar-refractivity contribution is 0.584. The van der Waals surface area contributed by atoms with Crippen LogP contribution in [0.2, 0.25) is 0 Å². The minimum atomic E-state index is -3.83. The quantitative estimate of drug-likeness (QED) is 0.612. The van der Waals surface area contributed by atoms with E-state index < -0.39 is 10.0 Å². The summed E-state index contributed by atoms with van der Waals surface area (Å²) in [5.41, 5.74) is 2.08. The smallest absolute Gasteiger partial charge is 0.261 e. The molecule has 0 atom stereocenters. The summed E-state index contributed by atoms with van der Waals surface area (Å²) in [6.45, 7) is 1.85. The van der Waals surface area contributed by atoms with Crippen molar-refractivity contribution in [3.05, 3.63) is 48.3 Å². The van der Waals surface area contributed by atoms with Crippen molar-refractivity contribution in [2.45, 2.75) is 11.9 Å². The van der Waals surface area contributed by atoms with Gasteiger partial charge in [-0.05, 0) is 31.2 Å². The van der Waals surface area contributed by atoms with Gasteiger partial charge in [-0.15, -0.1) is 5.10 Å². The molecule has 9 heteroatoms. The predicted octanol–water partition coefficient (Wildman–Crippen LogP) is 1.73. The lowest BCUT2D eigenvalue weighted by atomic mass is 10.3. The number of benzene rings is 1. The van der Waals surface area contributed by atoms with E-state index >= 15 is 0 Å². The Morgan fingerprint density at radius 2 is 1.88 bits per heavy atom. The minimum Gasteiger partial charge on any atom is -0.261 e. The molecule has 0 aliphatic heterocycles. The average molecular weight is 342 g/mol. The molecule has 3 heterocycles. The molecule has 0 bridgehead atoms. The van der Waals surface area contributed by atoms with E-state index in [1.807, 2.05) is 13.0 Å². The Balaban J connectivity index is 1.80. The second-order valence-electron chi connectivity index (χ2n) is 5.46. The Kier molecular flexibility index (Phi) is 3.07. The summed E-state index contributed by atoms with van der Waals surface area (Å²) in [6, 6.07) is 10.4. The molecule has 0 spiro atoms. The SMILES string of the molecule is Cc1cn2nc(NS(=O)(=O)c3c4ccccc4nn3C)ccc2n1. The molecule has 0 amide bonds. The summed E-state index contributed by atoms with van der Waals surface area (Å²) in [4.78, 5) is 4.26. The predicted molar refractivity (Wildman–Crippen MR) is 89.2 cm³/mol. The van der Waals surface area contributed by atoms with Crippen molar-refractivity contribution in [3.8, 4) is 0 Å². The van der Waals surface area contributed by atoms with Gasteiger partial charge in [-0.2, -0.15) is 13.5 Å². The van der Waals surface area contributed by atoms with Gasteiger partial charge < -0.3 is 0 Å². The van der Waals surface area contributed by atoms with Crippen molar-refractivity contribution < 1.29 is 8.42 Å². The zero-order chi connectivity index (χ0) is 16.9. The van der Waals surface area contributed by atoms with Gasteiger partial charge in [0, 0.05) is 12.4 Å². The molecule has 0 fully saturated rings. The van der Waals surface area contributed by atoms with E-state index in [1.165, 1.54) is 9.20 Å². The molecule has 0 aliphatic carbocycles. The number of fused-ring (bicyclic) bond motifs is 2. The Morgan fingerprint density at radius 1 is 1.08 bits per heavy atom. The van der Waals surface area contributed by atoms with Gasteiger partial charge in [0.05, 0.1) is 17.4 Å². The summed E-state index contributed by atoms with van der Waals surface area (Å²) in [7, 11) is -2.23. The van der Waals surface area contributed by atoms with Gasteiger partial charge in [-0.3, -0.25) is 9.40 Å². The number of aryl methyl sites for hydroxylation is 2. The highest BCUT2D eigenvalue weighted by Crippen LogP contribution is 2.23. The molecular formula is C15H14N6O2S. The van der Waals surface area contributed by atoms with Gasteiger partial charge in [0.1, 0.15) is 0 Å². The third-order valence-electron chi connectivity index (χ3n) is 3.62. The van der Waals surface area contributed by atoms with Crippen molar-refractivity contribution in [2.75, 3.05) is 4.72 Å². The van der Waals surface area contributed by atoms with Gasteiger partial charge in [-0.1, -0.05) is 12.1 Å². The van der Waals surface area contributed by atoms with Crippen LogP contribution >= 0.6 is 0 Å². The molecule has 24 heavy (non-hydrogen) atoms. The molecule has 4 rings (SSSR count). The molecule has 1 aromatic carbocycles. The van der Waals surface area contributed by atoms with Crippen molar-refractivity contribution in [1.29, 1.82) is 0 Å². The molecule has 0 unspecified atom stereocenters. The molecule has 122 valence electrons. The molecule has 0 radical (unpaired) electrons. The number of nitrogens with zero attached hydrogens (tertiary/aromatic N) is 5. The Labute approximate surface area is 137 Å². The van der Waals surface area contributed by atoms with Crippen LogP contribution in [0.5, 0.6) is 0 Å². The lowest BCUT2D eigenvalue weighted by Crippen LogP contribution is -2.18. The summed E-state index contributed by atoms with van der Waals surface area (Å²) in [6.07, 6.45) is 1.73. The van der Waals surface area contributed by atoms with Crippen LogP contribution in [0.25, 0.3) is 16.6 Å². The number of hydrogen-bond acceptors (Lipinski definition) is 5. The van der Waals surface area contributed by atoms with Crippen LogP contribution in [0.4, 0.5) is 5.82 Å². The summed E-state index contributed by atoms with van der Waals surface area (Å²) in [5, 5.41) is 9.13. The third-order valence-corrected chi connectivity index (χ3v) is 5.09. The minimum absolute atomic E-state index is 0.0989. The van der Waals surface area contributed by atoms with Gasteiger partial charge in [0.15, 0.2) is 16.5 Å². The summed E-state index contributed by atoms with van der Waals surface area (Å²) >= 11 is 0. The van der Waals surface area contributed by atoms with Crippen LogP contribution in [-0.4, -0.2) is 32.8 Å². The third kappa shape index (κ3) is 2.29. The second-order valence-corrected chi connectivity index (χ2v) is 7.05. The molecule has 0 aliphatic rings. The van der Waals surface area contributed by atoms with E-state index in [0.29, 0.717) is 16.6 Å². The maximum atomic E-state index is 12.8. The van der Waals surface area contributed by atoms with Crippen LogP contribution in [0, 0.1) is 6.92 Å². The number of nitrogens with one attached hydrogen (secondary N) is 1. The highest BCUT2D eigenvalue weighted by Gasteiger charge is 2.23. The normalized spacial score (nSPS) is 12.1. The molecule has 1 N–H and O–H groups in total. The number of imidazole rings is 1. The Morgan fingerprint density at radius 3 is 2.71 bits per heavy atom. The van der Waals surface area contributed by atoms with Crippen molar-refractivity contribution in [2.24, 2.45) is 7.05 Å². The highest BCUT2D eigenvalue weighted by molar-refractivity contribution is 7.92. The van der Waals surface area contributed by atoms with Crippen LogP contribution in [0.1, 0.15) is 5.69 Å². The maximum Gasteiger partial charge on any atom is 0.280 e. The number of anilines is 1. The highest BCUT2D eigenvalue weighted by atomic mass is 32.2. The maximum absolute atomic E-state index is 12.8. The van der Waals surface area contributed by atoms with Crippen molar-refractivity contribution in [3.63, 3.8) is 0 Å². The van der Waals surface area contributed by atoms with Crippen LogP contribution < -0.4 is 4.72 Å². The van der Waals surface area contributed by atoms with Gasteiger partial charge >= 0.3 is 0 Å². The Bertz CT molecular complexity index is 1180. The van der Waals surface area contributed by atoms with Crippen molar-refractivity contribution >= 4 is 32.4 Å². The van der Waals surface area contributed by atoms with E-state index in [-0.39, 0.29) is 10.8 Å². The number of rotatable bonds is 3.